The van der Waals surface area contributed by atoms with Gasteiger partial charge >= 0.3 is 0 Å². The molecule has 0 spiro atoms. The van der Waals surface area contributed by atoms with Gasteiger partial charge in [0.25, 0.3) is 0 Å². The maximum absolute atomic E-state index is 14.0. The summed E-state index contributed by atoms with van der Waals surface area (Å²) in [5, 5.41) is 0. The van der Waals surface area contributed by atoms with E-state index in [-0.39, 0.29) is 17.6 Å². The van der Waals surface area contributed by atoms with Crippen LogP contribution in [0.2, 0.25) is 0 Å². The number of likely N-dealkylation sites (tertiary alicyclic amines) is 1. The van der Waals surface area contributed by atoms with Crippen molar-refractivity contribution < 1.29 is 18.0 Å². The number of piperidine rings is 1. The van der Waals surface area contributed by atoms with Crippen molar-refractivity contribution in [3.63, 3.8) is 0 Å². The van der Waals surface area contributed by atoms with E-state index in [9.17, 15) is 18.0 Å². The summed E-state index contributed by atoms with van der Waals surface area (Å²) in [7, 11) is 0. The Labute approximate surface area is 146 Å². The Balaban J connectivity index is 1.65. The summed E-state index contributed by atoms with van der Waals surface area (Å²) in [6.07, 6.45) is 3.49. The predicted octanol–water partition coefficient (Wildman–Crippen LogP) is 2.63. The topological polar surface area (TPSA) is 26.8 Å². The smallest absolute Gasteiger partial charge is 0.196 e. The first-order valence-corrected chi connectivity index (χ1v) is 8.83. The van der Waals surface area contributed by atoms with E-state index in [2.05, 4.69) is 9.80 Å². The molecule has 0 bridgehead atoms. The van der Waals surface area contributed by atoms with Crippen molar-refractivity contribution in [2.24, 2.45) is 0 Å². The molecule has 2 heterocycles. The number of rotatable bonds is 4. The minimum Gasteiger partial charge on any atom is -0.367 e. The average Bonchev–Trinajstić information content (AvgIpc) is 2.60. The number of hydrogen-bond donors (Lipinski definition) is 0. The van der Waals surface area contributed by atoms with E-state index < -0.39 is 17.5 Å². The molecule has 4 nitrogen and oxygen atoms in total. The van der Waals surface area contributed by atoms with E-state index in [0.717, 1.165) is 31.9 Å². The molecule has 7 heteroatoms. The Morgan fingerprint density at radius 1 is 1.04 bits per heavy atom. The monoisotopic (exact) mass is 355 g/mol. The van der Waals surface area contributed by atoms with Crippen LogP contribution in [0.25, 0.3) is 0 Å². The molecular weight excluding hydrogens is 331 g/mol. The molecule has 0 aromatic heterocycles. The van der Waals surface area contributed by atoms with Crippen molar-refractivity contribution in [1.82, 2.24) is 9.80 Å². The second kappa shape index (κ2) is 7.74. The van der Waals surface area contributed by atoms with Gasteiger partial charge in [-0.2, -0.15) is 0 Å². The number of halogens is 3. The minimum atomic E-state index is -1.42. The van der Waals surface area contributed by atoms with Crippen molar-refractivity contribution in [2.45, 2.75) is 32.4 Å². The zero-order chi connectivity index (χ0) is 18.0. The van der Waals surface area contributed by atoms with Gasteiger partial charge in [-0.1, -0.05) is 0 Å². The largest absolute Gasteiger partial charge is 0.367 e. The summed E-state index contributed by atoms with van der Waals surface area (Å²) >= 11 is 0. The fourth-order valence-corrected chi connectivity index (χ4v) is 3.88. The summed E-state index contributed by atoms with van der Waals surface area (Å²) in [4.78, 5) is 17.8. The number of benzene rings is 1. The number of carbonyl (C=O) groups excluding carboxylic acids is 1. The molecule has 3 rings (SSSR count). The van der Waals surface area contributed by atoms with E-state index >= 15 is 0 Å². The van der Waals surface area contributed by atoms with Gasteiger partial charge in [-0.25, -0.2) is 13.2 Å². The second-order valence-electron chi connectivity index (χ2n) is 6.87. The van der Waals surface area contributed by atoms with Gasteiger partial charge in [0.1, 0.15) is 5.78 Å². The summed E-state index contributed by atoms with van der Waals surface area (Å²) < 4.78 is 40.6. The zero-order valence-electron chi connectivity index (χ0n) is 14.5. The van der Waals surface area contributed by atoms with Crippen LogP contribution in [-0.4, -0.2) is 61.0 Å². The Bertz CT molecular complexity index is 632. The molecule has 2 aliphatic rings. The van der Waals surface area contributed by atoms with Crippen LogP contribution in [-0.2, 0) is 4.79 Å². The molecule has 0 radical (unpaired) electrons. The Hall–Kier alpha value is -1.60. The summed E-state index contributed by atoms with van der Waals surface area (Å²) in [5.74, 6) is -3.54. The predicted molar refractivity (Wildman–Crippen MR) is 90.0 cm³/mol. The van der Waals surface area contributed by atoms with Gasteiger partial charge in [0.2, 0.25) is 0 Å². The first-order valence-electron chi connectivity index (χ1n) is 8.83. The highest BCUT2D eigenvalue weighted by molar-refractivity contribution is 5.77. The molecule has 0 aliphatic carbocycles. The van der Waals surface area contributed by atoms with Crippen LogP contribution >= 0.6 is 0 Å². The third kappa shape index (κ3) is 3.98. The highest BCUT2D eigenvalue weighted by atomic mass is 19.2. The third-order valence-corrected chi connectivity index (χ3v) is 5.10. The van der Waals surface area contributed by atoms with Crippen molar-refractivity contribution in [2.75, 3.05) is 44.2 Å². The van der Waals surface area contributed by atoms with Gasteiger partial charge in [-0.3, -0.25) is 14.6 Å². The molecule has 2 fully saturated rings. The first kappa shape index (κ1) is 18.2. The summed E-state index contributed by atoms with van der Waals surface area (Å²) in [6.45, 7) is 5.49. The Morgan fingerprint density at radius 2 is 1.76 bits per heavy atom. The second-order valence-corrected chi connectivity index (χ2v) is 6.87. The van der Waals surface area contributed by atoms with Gasteiger partial charge in [-0.15, -0.1) is 0 Å². The molecule has 0 amide bonds. The quantitative estimate of drug-likeness (QED) is 0.776. The number of carbonyl (C=O) groups is 1. The molecule has 2 saturated heterocycles. The number of nitrogens with zero attached hydrogens (tertiary/aromatic N) is 3. The number of anilines is 1. The molecule has 0 saturated carbocycles. The van der Waals surface area contributed by atoms with Gasteiger partial charge in [0, 0.05) is 32.7 Å². The fraction of sp³-hybridized carbons (Fsp3) is 0.611. The number of Topliss-reactive ketones (excluding diaryl/α,β-unsaturated/α-hetero) is 1. The van der Waals surface area contributed by atoms with Gasteiger partial charge in [0.05, 0.1) is 18.4 Å². The van der Waals surface area contributed by atoms with Crippen LogP contribution in [0.1, 0.15) is 26.2 Å². The lowest BCUT2D eigenvalue weighted by Gasteiger charge is -2.46. The lowest BCUT2D eigenvalue weighted by atomic mass is 10.1. The van der Waals surface area contributed by atoms with E-state index in [1.54, 1.807) is 11.8 Å². The average molecular weight is 355 g/mol. The molecule has 1 unspecified atom stereocenters. The standard InChI is InChI=1S/C18H24F3N3O/c1-13(25)12-24-7-3-2-4-16(24)23-10-8-22(9-11-23)15-6-5-14(19)17(20)18(15)21/h5-6,16H,2-4,7-12H2,1H3. The van der Waals surface area contributed by atoms with E-state index in [0.29, 0.717) is 32.7 Å². The van der Waals surface area contributed by atoms with Gasteiger partial charge in [-0.05, 0) is 38.3 Å². The van der Waals surface area contributed by atoms with Gasteiger partial charge < -0.3 is 4.90 Å². The zero-order valence-corrected chi connectivity index (χ0v) is 14.5. The van der Waals surface area contributed by atoms with Crippen molar-refractivity contribution in [3.8, 4) is 0 Å². The lowest BCUT2D eigenvalue weighted by molar-refractivity contribution is -0.120. The molecular formula is C18H24F3N3O. The highest BCUT2D eigenvalue weighted by Crippen LogP contribution is 2.27. The highest BCUT2D eigenvalue weighted by Gasteiger charge is 2.31. The molecule has 25 heavy (non-hydrogen) atoms. The van der Waals surface area contributed by atoms with Crippen LogP contribution in [0.4, 0.5) is 18.9 Å². The SMILES string of the molecule is CC(=O)CN1CCCCC1N1CCN(c2ccc(F)c(F)c2F)CC1. The molecule has 0 N–H and O–H groups in total. The van der Waals surface area contributed by atoms with Crippen LogP contribution in [0.3, 0.4) is 0 Å². The van der Waals surface area contributed by atoms with E-state index in [1.807, 2.05) is 0 Å². The van der Waals surface area contributed by atoms with Crippen molar-refractivity contribution >= 4 is 11.5 Å². The maximum Gasteiger partial charge on any atom is 0.196 e. The summed E-state index contributed by atoms with van der Waals surface area (Å²) in [6, 6.07) is 2.27. The van der Waals surface area contributed by atoms with Crippen molar-refractivity contribution in [3.05, 3.63) is 29.6 Å². The molecule has 138 valence electrons. The van der Waals surface area contributed by atoms with Crippen LogP contribution < -0.4 is 4.90 Å². The Kier molecular flexibility index (Phi) is 5.64. The van der Waals surface area contributed by atoms with Crippen LogP contribution in [0.5, 0.6) is 0 Å². The fourth-order valence-electron chi connectivity index (χ4n) is 3.88. The molecule has 2 aliphatic heterocycles. The van der Waals surface area contributed by atoms with Crippen LogP contribution in [0.15, 0.2) is 12.1 Å². The number of ketones is 1. The molecule has 1 aromatic rings. The minimum absolute atomic E-state index is 0.114. The third-order valence-electron chi connectivity index (χ3n) is 5.10. The Morgan fingerprint density at radius 3 is 2.44 bits per heavy atom. The van der Waals surface area contributed by atoms with E-state index in [4.69, 9.17) is 0 Å². The van der Waals surface area contributed by atoms with Crippen molar-refractivity contribution in [1.29, 1.82) is 0 Å². The van der Waals surface area contributed by atoms with Gasteiger partial charge in [0.15, 0.2) is 17.5 Å². The normalized spacial score (nSPS) is 23.0. The van der Waals surface area contributed by atoms with E-state index in [1.165, 1.54) is 6.07 Å². The molecule has 1 atom stereocenters. The number of piperazine rings is 1. The number of hydrogen-bond acceptors (Lipinski definition) is 4. The van der Waals surface area contributed by atoms with Crippen LogP contribution in [0, 0.1) is 17.5 Å². The molecule has 1 aromatic carbocycles. The summed E-state index contributed by atoms with van der Waals surface area (Å²) in [5.41, 5.74) is 0.114. The maximum atomic E-state index is 14.0. The lowest BCUT2D eigenvalue weighted by Crippen LogP contribution is -2.58. The first-order chi connectivity index (χ1) is 12.0.